The number of fused-ring (bicyclic) bond motifs is 1. The van der Waals surface area contributed by atoms with Gasteiger partial charge >= 0.3 is 5.97 Å². The smallest absolute Gasteiger partial charge is 0.345 e. The van der Waals surface area contributed by atoms with E-state index in [0.29, 0.717) is 4.88 Å². The molecule has 2 heterocycles. The summed E-state index contributed by atoms with van der Waals surface area (Å²) < 4.78 is 0. The van der Waals surface area contributed by atoms with E-state index in [2.05, 4.69) is 4.98 Å². The lowest BCUT2D eigenvalue weighted by molar-refractivity contribution is 0.0702. The summed E-state index contributed by atoms with van der Waals surface area (Å²) in [7, 11) is 0. The van der Waals surface area contributed by atoms with Crippen molar-refractivity contribution < 1.29 is 9.90 Å². The van der Waals surface area contributed by atoms with Crippen molar-refractivity contribution in [2.24, 2.45) is 0 Å². The average Bonchev–Trinajstić information content (AvgIpc) is 2.87. The molecule has 88 valence electrons. The molecule has 0 aliphatic heterocycles. The van der Waals surface area contributed by atoms with Crippen LogP contribution in [0.3, 0.4) is 0 Å². The Morgan fingerprint density at radius 2 is 2.06 bits per heavy atom. The minimum Gasteiger partial charge on any atom is -0.477 e. The Morgan fingerprint density at radius 1 is 1.22 bits per heavy atom. The highest BCUT2D eigenvalue weighted by atomic mass is 32.1. The molecular weight excluding hydrogens is 246 g/mol. The first-order valence-electron chi connectivity index (χ1n) is 5.41. The number of hydrogen-bond donors (Lipinski definition) is 1. The molecule has 2 aromatic heterocycles. The van der Waals surface area contributed by atoms with Gasteiger partial charge in [-0.1, -0.05) is 24.3 Å². The fourth-order valence-corrected chi connectivity index (χ4v) is 2.67. The van der Waals surface area contributed by atoms with Crippen LogP contribution in [0.25, 0.3) is 22.0 Å². The Morgan fingerprint density at radius 3 is 2.83 bits per heavy atom. The monoisotopic (exact) mass is 255 g/mol. The van der Waals surface area contributed by atoms with Gasteiger partial charge in [0.05, 0.1) is 5.52 Å². The second-order valence-electron chi connectivity index (χ2n) is 3.89. The van der Waals surface area contributed by atoms with Gasteiger partial charge in [0.15, 0.2) is 0 Å². The number of aromatic carboxylic acids is 1. The van der Waals surface area contributed by atoms with Crippen LogP contribution in [0.15, 0.2) is 48.0 Å². The van der Waals surface area contributed by atoms with Crippen molar-refractivity contribution in [1.82, 2.24) is 4.98 Å². The highest BCUT2D eigenvalue weighted by Gasteiger charge is 2.10. The highest BCUT2D eigenvalue weighted by molar-refractivity contribution is 7.12. The van der Waals surface area contributed by atoms with Gasteiger partial charge in [-0.25, -0.2) is 4.79 Å². The maximum absolute atomic E-state index is 10.9. The third kappa shape index (κ3) is 1.76. The predicted octanol–water partition coefficient (Wildman–Crippen LogP) is 3.66. The van der Waals surface area contributed by atoms with E-state index in [1.807, 2.05) is 35.7 Å². The van der Waals surface area contributed by atoms with Gasteiger partial charge in [0.25, 0.3) is 0 Å². The number of carboxylic acids is 1. The van der Waals surface area contributed by atoms with Gasteiger partial charge in [-0.2, -0.15) is 0 Å². The zero-order chi connectivity index (χ0) is 12.5. The number of benzene rings is 1. The van der Waals surface area contributed by atoms with Gasteiger partial charge in [-0.15, -0.1) is 11.3 Å². The number of thiophene rings is 1. The van der Waals surface area contributed by atoms with Gasteiger partial charge in [0, 0.05) is 17.1 Å². The number of carbonyl (C=O) groups is 1. The van der Waals surface area contributed by atoms with Crippen LogP contribution in [0, 0.1) is 0 Å². The normalized spacial score (nSPS) is 10.7. The Kier molecular flexibility index (Phi) is 2.57. The van der Waals surface area contributed by atoms with E-state index in [-0.39, 0.29) is 0 Å². The maximum Gasteiger partial charge on any atom is 0.345 e. The van der Waals surface area contributed by atoms with Crippen LogP contribution in [-0.2, 0) is 0 Å². The van der Waals surface area contributed by atoms with E-state index in [9.17, 15) is 4.79 Å². The van der Waals surface area contributed by atoms with Gasteiger partial charge in [-0.05, 0) is 23.1 Å². The van der Waals surface area contributed by atoms with Crippen LogP contribution in [-0.4, -0.2) is 16.1 Å². The lowest BCUT2D eigenvalue weighted by atomic mass is 10.0. The summed E-state index contributed by atoms with van der Waals surface area (Å²) in [4.78, 5) is 15.6. The van der Waals surface area contributed by atoms with E-state index >= 15 is 0 Å². The molecule has 0 fully saturated rings. The molecule has 0 radical (unpaired) electrons. The number of rotatable bonds is 2. The van der Waals surface area contributed by atoms with Crippen molar-refractivity contribution in [3.05, 3.63) is 52.9 Å². The van der Waals surface area contributed by atoms with E-state index in [1.54, 1.807) is 12.3 Å². The Bertz CT molecular complexity index is 728. The van der Waals surface area contributed by atoms with Crippen LogP contribution in [0.4, 0.5) is 0 Å². The lowest BCUT2D eigenvalue weighted by Gasteiger charge is -2.02. The lowest BCUT2D eigenvalue weighted by Crippen LogP contribution is -1.90. The number of nitrogens with zero attached hydrogens (tertiary/aromatic N) is 1. The van der Waals surface area contributed by atoms with E-state index in [1.165, 1.54) is 11.3 Å². The Balaban J connectivity index is 2.21. The molecule has 0 amide bonds. The Labute approximate surface area is 107 Å². The molecular formula is C14H9NO2S. The quantitative estimate of drug-likeness (QED) is 0.760. The molecule has 3 nitrogen and oxygen atoms in total. The maximum atomic E-state index is 10.9. The largest absolute Gasteiger partial charge is 0.477 e. The van der Waals surface area contributed by atoms with Crippen molar-refractivity contribution in [3.8, 4) is 11.1 Å². The number of hydrogen-bond acceptors (Lipinski definition) is 3. The fourth-order valence-electron chi connectivity index (χ4n) is 1.93. The average molecular weight is 255 g/mol. The molecule has 0 atom stereocenters. The molecule has 4 heteroatoms. The first kappa shape index (κ1) is 10.9. The second kappa shape index (κ2) is 4.23. The molecule has 0 saturated carbocycles. The summed E-state index contributed by atoms with van der Waals surface area (Å²) in [5, 5.41) is 11.9. The molecule has 0 aliphatic rings. The van der Waals surface area contributed by atoms with Crippen LogP contribution in [0.1, 0.15) is 9.67 Å². The van der Waals surface area contributed by atoms with Gasteiger partial charge in [0.1, 0.15) is 4.88 Å². The number of aromatic nitrogens is 1. The van der Waals surface area contributed by atoms with Crippen molar-refractivity contribution in [3.63, 3.8) is 0 Å². The van der Waals surface area contributed by atoms with Crippen LogP contribution in [0.5, 0.6) is 0 Å². The third-order valence-corrected chi connectivity index (χ3v) is 3.67. The molecule has 1 aromatic carbocycles. The molecule has 3 aromatic rings. The molecule has 18 heavy (non-hydrogen) atoms. The second-order valence-corrected chi connectivity index (χ2v) is 4.80. The van der Waals surface area contributed by atoms with Crippen LogP contribution < -0.4 is 0 Å². The first-order chi connectivity index (χ1) is 8.75. The number of carboxylic acid groups (broad SMARTS) is 1. The van der Waals surface area contributed by atoms with Crippen LogP contribution in [0.2, 0.25) is 0 Å². The number of para-hydroxylation sites is 1. The standard InChI is InChI=1S/C14H9NO2S/c16-14(17)12-7-10(8-18-12)11-5-1-3-9-4-2-6-15-13(9)11/h1-8H,(H,16,17). The van der Waals surface area contributed by atoms with Gasteiger partial charge in [0.2, 0.25) is 0 Å². The van der Waals surface area contributed by atoms with E-state index in [4.69, 9.17) is 5.11 Å². The summed E-state index contributed by atoms with van der Waals surface area (Å²) in [6, 6.07) is 11.5. The molecule has 0 spiro atoms. The van der Waals surface area contributed by atoms with Crippen LogP contribution >= 0.6 is 11.3 Å². The molecule has 1 N–H and O–H groups in total. The predicted molar refractivity (Wildman–Crippen MR) is 72.0 cm³/mol. The molecule has 0 aliphatic carbocycles. The van der Waals surface area contributed by atoms with Crippen molar-refractivity contribution >= 4 is 28.2 Å². The molecule has 0 saturated heterocycles. The summed E-state index contributed by atoms with van der Waals surface area (Å²) in [6.45, 7) is 0. The zero-order valence-electron chi connectivity index (χ0n) is 9.33. The zero-order valence-corrected chi connectivity index (χ0v) is 10.1. The Hall–Kier alpha value is -2.20. The molecule has 3 rings (SSSR count). The van der Waals surface area contributed by atoms with Crippen molar-refractivity contribution in [2.45, 2.75) is 0 Å². The van der Waals surface area contributed by atoms with Gasteiger partial charge < -0.3 is 5.11 Å². The third-order valence-electron chi connectivity index (χ3n) is 2.75. The minimum atomic E-state index is -0.889. The first-order valence-corrected chi connectivity index (χ1v) is 6.29. The van der Waals surface area contributed by atoms with Crippen molar-refractivity contribution in [1.29, 1.82) is 0 Å². The molecule has 0 unspecified atom stereocenters. The fraction of sp³-hybridized carbons (Fsp3) is 0. The molecule has 0 bridgehead atoms. The number of pyridine rings is 1. The summed E-state index contributed by atoms with van der Waals surface area (Å²) in [5.74, 6) is -0.889. The van der Waals surface area contributed by atoms with Gasteiger partial charge in [-0.3, -0.25) is 4.98 Å². The van der Waals surface area contributed by atoms with Crippen molar-refractivity contribution in [2.75, 3.05) is 0 Å². The van der Waals surface area contributed by atoms with E-state index < -0.39 is 5.97 Å². The summed E-state index contributed by atoms with van der Waals surface area (Å²) in [5.41, 5.74) is 2.77. The summed E-state index contributed by atoms with van der Waals surface area (Å²) >= 11 is 1.23. The highest BCUT2D eigenvalue weighted by Crippen LogP contribution is 2.30. The summed E-state index contributed by atoms with van der Waals surface area (Å²) in [6.07, 6.45) is 1.75. The topological polar surface area (TPSA) is 50.2 Å². The van der Waals surface area contributed by atoms with E-state index in [0.717, 1.165) is 22.0 Å². The minimum absolute atomic E-state index is 0.345. The SMILES string of the molecule is O=C(O)c1cc(-c2cccc3cccnc23)cs1.